The molecule has 7 nitrogen and oxygen atoms in total. The Kier molecular flexibility index (Phi) is 7.27. The second-order valence-electron chi connectivity index (χ2n) is 7.26. The van der Waals surface area contributed by atoms with E-state index in [1.54, 1.807) is 7.05 Å². The van der Waals surface area contributed by atoms with Gasteiger partial charge in [-0.05, 0) is 24.0 Å². The fourth-order valence-electron chi connectivity index (χ4n) is 3.65. The second kappa shape index (κ2) is 10.1. The number of amides is 1. The molecule has 156 valence electrons. The molecule has 1 fully saturated rings. The zero-order valence-electron chi connectivity index (χ0n) is 17.6. The summed E-state index contributed by atoms with van der Waals surface area (Å²) >= 11 is 0. The number of hydrogen-bond donors (Lipinski definition) is 2. The highest BCUT2D eigenvalue weighted by Crippen LogP contribution is 2.16. The number of carbonyl (C=O) groups excluding carboxylic acids is 1. The molecule has 2 aromatic rings. The molecule has 0 saturated carbocycles. The van der Waals surface area contributed by atoms with Crippen LogP contribution >= 0.6 is 0 Å². The lowest BCUT2D eigenvalue weighted by atomic mass is 10.1. The van der Waals surface area contributed by atoms with E-state index in [0.29, 0.717) is 26.1 Å². The van der Waals surface area contributed by atoms with E-state index >= 15 is 0 Å². The fourth-order valence-corrected chi connectivity index (χ4v) is 3.65. The minimum atomic E-state index is 0.254. The lowest BCUT2D eigenvalue weighted by molar-refractivity contribution is -0.128. The Morgan fingerprint density at radius 1 is 1.21 bits per heavy atom. The number of likely N-dealkylation sites (tertiary alicyclic amines) is 1. The molecule has 0 atom stereocenters. The monoisotopic (exact) mass is 397 g/mol. The first-order chi connectivity index (χ1) is 14.1. The van der Waals surface area contributed by atoms with Gasteiger partial charge in [-0.2, -0.15) is 0 Å². The highest BCUT2D eigenvalue weighted by atomic mass is 16.5. The summed E-state index contributed by atoms with van der Waals surface area (Å²) in [5, 5.41) is 10.9. The first-order valence-electron chi connectivity index (χ1n) is 10.4. The fraction of sp³-hybridized carbons (Fsp3) is 0.500. The summed E-state index contributed by atoms with van der Waals surface area (Å²) in [4.78, 5) is 18.1. The summed E-state index contributed by atoms with van der Waals surface area (Å²) in [7, 11) is 1.76. The minimum absolute atomic E-state index is 0.254. The molecule has 1 aromatic carbocycles. The molecule has 0 unspecified atom stereocenters. The Morgan fingerprint density at radius 2 is 2.00 bits per heavy atom. The molecular weight excluding hydrogens is 366 g/mol. The van der Waals surface area contributed by atoms with E-state index in [9.17, 15) is 4.79 Å². The standard InChI is InChI=1S/C22H31N5O2/c1-4-19-18(20(5-2)29-26-19)14-25-22(23-3)24-13-16-8-6-9-17(12-16)15-27-11-7-10-21(27)28/h6,8-9,12H,4-5,7,10-11,13-15H2,1-3H3,(H2,23,24,25). The van der Waals surface area contributed by atoms with Crippen molar-refractivity contribution in [3.8, 4) is 0 Å². The maximum Gasteiger partial charge on any atom is 0.222 e. The molecule has 1 aliphatic rings. The number of guanidine groups is 1. The minimum Gasteiger partial charge on any atom is -0.361 e. The molecule has 1 aromatic heterocycles. The van der Waals surface area contributed by atoms with Crippen LogP contribution in [0.4, 0.5) is 0 Å². The summed E-state index contributed by atoms with van der Waals surface area (Å²) in [5.74, 6) is 1.91. The molecule has 1 amide bonds. The molecular formula is C22H31N5O2. The Hall–Kier alpha value is -2.83. The van der Waals surface area contributed by atoms with Crippen LogP contribution in [-0.4, -0.2) is 35.5 Å². The zero-order valence-corrected chi connectivity index (χ0v) is 17.6. The van der Waals surface area contributed by atoms with Gasteiger partial charge in [-0.1, -0.05) is 43.3 Å². The molecule has 0 spiro atoms. The average Bonchev–Trinajstić information content (AvgIpc) is 3.33. The van der Waals surface area contributed by atoms with Gasteiger partial charge in [0.05, 0.1) is 5.69 Å². The van der Waals surface area contributed by atoms with Crippen LogP contribution in [0.3, 0.4) is 0 Å². The van der Waals surface area contributed by atoms with Gasteiger partial charge >= 0.3 is 0 Å². The number of benzene rings is 1. The number of aryl methyl sites for hydroxylation is 2. The molecule has 2 N–H and O–H groups in total. The van der Waals surface area contributed by atoms with Gasteiger partial charge in [0.2, 0.25) is 5.91 Å². The predicted molar refractivity (Wildman–Crippen MR) is 113 cm³/mol. The first kappa shape index (κ1) is 20.9. The number of hydrogen-bond acceptors (Lipinski definition) is 4. The Morgan fingerprint density at radius 3 is 2.69 bits per heavy atom. The highest BCUT2D eigenvalue weighted by Gasteiger charge is 2.20. The van der Waals surface area contributed by atoms with Gasteiger partial charge in [-0.15, -0.1) is 0 Å². The SMILES string of the molecule is CCc1noc(CC)c1CNC(=NC)NCc1cccc(CN2CCCC2=O)c1. The largest absolute Gasteiger partial charge is 0.361 e. The summed E-state index contributed by atoms with van der Waals surface area (Å²) in [6.07, 6.45) is 3.31. The van der Waals surface area contributed by atoms with Crippen LogP contribution in [0, 0.1) is 0 Å². The van der Waals surface area contributed by atoms with Crippen LogP contribution < -0.4 is 10.6 Å². The molecule has 29 heavy (non-hydrogen) atoms. The lowest BCUT2D eigenvalue weighted by Crippen LogP contribution is -2.36. The van der Waals surface area contributed by atoms with Crippen LogP contribution in [0.2, 0.25) is 0 Å². The van der Waals surface area contributed by atoms with E-state index in [1.807, 2.05) is 11.0 Å². The summed E-state index contributed by atoms with van der Waals surface area (Å²) < 4.78 is 5.43. The molecule has 0 aliphatic carbocycles. The third-order valence-electron chi connectivity index (χ3n) is 5.26. The van der Waals surface area contributed by atoms with Gasteiger partial charge in [-0.3, -0.25) is 9.79 Å². The maximum absolute atomic E-state index is 11.9. The van der Waals surface area contributed by atoms with E-state index in [-0.39, 0.29) is 5.91 Å². The second-order valence-corrected chi connectivity index (χ2v) is 7.26. The third-order valence-corrected chi connectivity index (χ3v) is 5.26. The number of carbonyl (C=O) groups is 1. The molecule has 1 aliphatic heterocycles. The van der Waals surface area contributed by atoms with Crippen molar-refractivity contribution < 1.29 is 9.32 Å². The Bertz CT molecular complexity index is 837. The van der Waals surface area contributed by atoms with E-state index < -0.39 is 0 Å². The number of nitrogens with one attached hydrogen (secondary N) is 2. The highest BCUT2D eigenvalue weighted by molar-refractivity contribution is 5.79. The number of aromatic nitrogens is 1. The van der Waals surface area contributed by atoms with Gasteiger partial charge in [0.15, 0.2) is 5.96 Å². The molecule has 1 saturated heterocycles. The number of nitrogens with zero attached hydrogens (tertiary/aromatic N) is 3. The van der Waals surface area contributed by atoms with Crippen molar-refractivity contribution in [2.45, 2.75) is 59.2 Å². The smallest absolute Gasteiger partial charge is 0.222 e. The van der Waals surface area contributed by atoms with E-state index in [2.05, 4.69) is 52.8 Å². The summed E-state index contributed by atoms with van der Waals surface area (Å²) in [6, 6.07) is 8.35. The van der Waals surface area contributed by atoms with E-state index in [1.165, 1.54) is 0 Å². The Labute approximate surface area is 172 Å². The molecule has 2 heterocycles. The van der Waals surface area contributed by atoms with Crippen LogP contribution in [0.25, 0.3) is 0 Å². The first-order valence-corrected chi connectivity index (χ1v) is 10.4. The van der Waals surface area contributed by atoms with Gasteiger partial charge in [0.1, 0.15) is 5.76 Å². The topological polar surface area (TPSA) is 82.8 Å². The van der Waals surface area contributed by atoms with Crippen molar-refractivity contribution in [3.63, 3.8) is 0 Å². The average molecular weight is 398 g/mol. The Balaban J connectivity index is 1.55. The van der Waals surface area contributed by atoms with E-state index in [4.69, 9.17) is 4.52 Å². The molecule has 0 bridgehead atoms. The van der Waals surface area contributed by atoms with Crippen molar-refractivity contribution in [1.82, 2.24) is 20.7 Å². The van der Waals surface area contributed by atoms with Crippen molar-refractivity contribution in [3.05, 3.63) is 52.4 Å². The van der Waals surface area contributed by atoms with Gasteiger partial charge in [0, 0.05) is 51.6 Å². The summed E-state index contributed by atoms with van der Waals surface area (Å²) in [6.45, 7) is 6.99. The zero-order chi connectivity index (χ0) is 20.6. The van der Waals surface area contributed by atoms with Gasteiger partial charge in [-0.25, -0.2) is 0 Å². The third kappa shape index (κ3) is 5.37. The van der Waals surface area contributed by atoms with Crippen molar-refractivity contribution in [2.24, 2.45) is 4.99 Å². The quantitative estimate of drug-likeness (QED) is 0.529. The molecule has 7 heteroatoms. The lowest BCUT2D eigenvalue weighted by Gasteiger charge is -2.16. The number of aliphatic imine (C=N–C) groups is 1. The van der Waals surface area contributed by atoms with Crippen molar-refractivity contribution >= 4 is 11.9 Å². The van der Waals surface area contributed by atoms with Crippen molar-refractivity contribution in [2.75, 3.05) is 13.6 Å². The van der Waals surface area contributed by atoms with Crippen LogP contribution in [-0.2, 0) is 37.3 Å². The van der Waals surface area contributed by atoms with E-state index in [0.717, 1.165) is 59.9 Å². The van der Waals surface area contributed by atoms with Crippen LogP contribution in [0.5, 0.6) is 0 Å². The maximum atomic E-state index is 11.9. The van der Waals surface area contributed by atoms with Crippen molar-refractivity contribution in [1.29, 1.82) is 0 Å². The molecule has 0 radical (unpaired) electrons. The van der Waals surface area contributed by atoms with Gasteiger partial charge < -0.3 is 20.1 Å². The normalized spacial score (nSPS) is 14.5. The molecule has 3 rings (SSSR count). The van der Waals surface area contributed by atoms with Crippen LogP contribution in [0.1, 0.15) is 54.8 Å². The predicted octanol–water partition coefficient (Wildman–Crippen LogP) is 2.79. The summed E-state index contributed by atoms with van der Waals surface area (Å²) in [5.41, 5.74) is 4.43. The van der Waals surface area contributed by atoms with Gasteiger partial charge in [0.25, 0.3) is 0 Å². The number of rotatable bonds is 8. The van der Waals surface area contributed by atoms with Crippen LogP contribution in [0.15, 0.2) is 33.8 Å².